The van der Waals surface area contributed by atoms with E-state index in [4.69, 9.17) is 6.42 Å². The SMILES string of the molecule is C#CCCc1nccs1. The molecule has 0 spiro atoms. The highest BCUT2D eigenvalue weighted by Crippen LogP contribution is 2.05. The maximum atomic E-state index is 5.07. The Bertz CT molecular complexity index is 195. The minimum absolute atomic E-state index is 0.799. The average molecular weight is 137 g/mol. The summed E-state index contributed by atoms with van der Waals surface area (Å²) in [4.78, 5) is 4.08. The Kier molecular flexibility index (Phi) is 2.29. The second-order valence-corrected chi connectivity index (χ2v) is 2.61. The molecule has 0 saturated heterocycles. The van der Waals surface area contributed by atoms with E-state index >= 15 is 0 Å². The summed E-state index contributed by atoms with van der Waals surface area (Å²) in [5.41, 5.74) is 0. The van der Waals surface area contributed by atoms with E-state index in [1.807, 2.05) is 5.38 Å². The summed E-state index contributed by atoms with van der Waals surface area (Å²) in [7, 11) is 0. The first-order valence-electron chi connectivity index (χ1n) is 2.75. The highest BCUT2D eigenvalue weighted by Gasteiger charge is 1.90. The number of aromatic nitrogens is 1. The summed E-state index contributed by atoms with van der Waals surface area (Å²) < 4.78 is 0. The van der Waals surface area contributed by atoms with E-state index in [0.29, 0.717) is 0 Å². The molecule has 9 heavy (non-hydrogen) atoms. The number of nitrogens with zero attached hydrogens (tertiary/aromatic N) is 1. The smallest absolute Gasteiger partial charge is 0.0934 e. The number of thiazole rings is 1. The lowest BCUT2D eigenvalue weighted by Crippen LogP contribution is -1.78. The van der Waals surface area contributed by atoms with E-state index in [1.54, 1.807) is 17.5 Å². The average Bonchev–Trinajstić information content (AvgIpc) is 2.34. The highest BCUT2D eigenvalue weighted by atomic mass is 32.1. The molecule has 0 amide bonds. The summed E-state index contributed by atoms with van der Waals surface area (Å²) in [5, 5.41) is 3.10. The van der Waals surface area contributed by atoms with Crippen molar-refractivity contribution in [3.05, 3.63) is 16.6 Å². The maximum absolute atomic E-state index is 5.07. The second-order valence-electron chi connectivity index (χ2n) is 1.63. The molecule has 0 atom stereocenters. The van der Waals surface area contributed by atoms with Crippen molar-refractivity contribution in [2.24, 2.45) is 0 Å². The van der Waals surface area contributed by atoms with Crippen molar-refractivity contribution in [1.29, 1.82) is 0 Å². The van der Waals surface area contributed by atoms with Crippen LogP contribution in [0.2, 0.25) is 0 Å². The zero-order chi connectivity index (χ0) is 6.53. The van der Waals surface area contributed by atoms with Gasteiger partial charge in [-0.05, 0) is 0 Å². The molecule has 46 valence electrons. The van der Waals surface area contributed by atoms with Gasteiger partial charge in [-0.3, -0.25) is 0 Å². The van der Waals surface area contributed by atoms with Gasteiger partial charge in [-0.25, -0.2) is 4.98 Å². The molecule has 2 heteroatoms. The predicted octanol–water partition coefficient (Wildman–Crippen LogP) is 1.71. The zero-order valence-electron chi connectivity index (χ0n) is 5.00. The lowest BCUT2D eigenvalue weighted by Gasteiger charge is -1.84. The van der Waals surface area contributed by atoms with Crippen molar-refractivity contribution in [3.8, 4) is 12.3 Å². The third-order valence-electron chi connectivity index (χ3n) is 0.967. The molecule has 1 aromatic heterocycles. The standard InChI is InChI=1S/C7H7NS/c1-2-3-4-7-8-5-6-9-7/h1,5-6H,3-4H2. The first-order chi connectivity index (χ1) is 4.43. The predicted molar refractivity (Wildman–Crippen MR) is 39.3 cm³/mol. The zero-order valence-corrected chi connectivity index (χ0v) is 5.82. The Hall–Kier alpha value is -0.810. The number of hydrogen-bond acceptors (Lipinski definition) is 2. The van der Waals surface area contributed by atoms with Crippen molar-refractivity contribution in [2.45, 2.75) is 12.8 Å². The Morgan fingerprint density at radius 2 is 2.67 bits per heavy atom. The first-order valence-corrected chi connectivity index (χ1v) is 3.63. The summed E-state index contributed by atoms with van der Waals surface area (Å²) >= 11 is 1.66. The van der Waals surface area contributed by atoms with Crippen molar-refractivity contribution < 1.29 is 0 Å². The van der Waals surface area contributed by atoms with E-state index in [0.717, 1.165) is 17.8 Å². The summed E-state index contributed by atoms with van der Waals surface area (Å²) in [6.07, 6.45) is 8.60. The molecule has 0 aliphatic rings. The van der Waals surface area contributed by atoms with Gasteiger partial charge >= 0.3 is 0 Å². The molecule has 0 N–H and O–H groups in total. The summed E-state index contributed by atoms with van der Waals surface area (Å²) in [6, 6.07) is 0. The van der Waals surface area contributed by atoms with Gasteiger partial charge in [0.2, 0.25) is 0 Å². The van der Waals surface area contributed by atoms with Crippen molar-refractivity contribution >= 4 is 11.3 Å². The van der Waals surface area contributed by atoms with Crippen LogP contribution in [0, 0.1) is 12.3 Å². The molecule has 0 radical (unpaired) electrons. The number of rotatable bonds is 2. The molecular weight excluding hydrogens is 130 g/mol. The van der Waals surface area contributed by atoms with Crippen LogP contribution in [0.25, 0.3) is 0 Å². The molecule has 0 aliphatic carbocycles. The van der Waals surface area contributed by atoms with Crippen LogP contribution in [0.3, 0.4) is 0 Å². The van der Waals surface area contributed by atoms with Gasteiger partial charge in [-0.15, -0.1) is 23.7 Å². The maximum Gasteiger partial charge on any atom is 0.0934 e. The van der Waals surface area contributed by atoms with Crippen LogP contribution >= 0.6 is 11.3 Å². The molecule has 1 rings (SSSR count). The monoisotopic (exact) mass is 137 g/mol. The van der Waals surface area contributed by atoms with Gasteiger partial charge in [-0.2, -0.15) is 0 Å². The lowest BCUT2D eigenvalue weighted by atomic mass is 10.3. The number of aryl methyl sites for hydroxylation is 1. The minimum atomic E-state index is 0.799. The van der Waals surface area contributed by atoms with Crippen LogP contribution < -0.4 is 0 Å². The Morgan fingerprint density at radius 1 is 1.78 bits per heavy atom. The molecule has 0 aromatic carbocycles. The second kappa shape index (κ2) is 3.26. The van der Waals surface area contributed by atoms with Crippen molar-refractivity contribution in [3.63, 3.8) is 0 Å². The third kappa shape index (κ3) is 1.87. The Morgan fingerprint density at radius 3 is 3.22 bits per heavy atom. The van der Waals surface area contributed by atoms with Crippen LogP contribution in [-0.2, 0) is 6.42 Å². The van der Waals surface area contributed by atoms with Gasteiger partial charge < -0.3 is 0 Å². The number of terminal acetylenes is 1. The van der Waals surface area contributed by atoms with E-state index in [1.165, 1.54) is 0 Å². The quantitative estimate of drug-likeness (QED) is 0.565. The Labute approximate surface area is 58.8 Å². The van der Waals surface area contributed by atoms with E-state index in [2.05, 4.69) is 10.9 Å². The topological polar surface area (TPSA) is 12.9 Å². The van der Waals surface area contributed by atoms with Gasteiger partial charge in [0.05, 0.1) is 5.01 Å². The molecule has 0 unspecified atom stereocenters. The Balaban J connectivity index is 2.41. The van der Waals surface area contributed by atoms with Crippen LogP contribution in [0.1, 0.15) is 11.4 Å². The van der Waals surface area contributed by atoms with Gasteiger partial charge in [-0.1, -0.05) is 0 Å². The third-order valence-corrected chi connectivity index (χ3v) is 1.81. The molecule has 0 aliphatic heterocycles. The highest BCUT2D eigenvalue weighted by molar-refractivity contribution is 7.09. The summed E-state index contributed by atoms with van der Waals surface area (Å²) in [6.45, 7) is 0. The molecule has 0 bridgehead atoms. The molecule has 1 aromatic rings. The van der Waals surface area contributed by atoms with Gasteiger partial charge in [0.25, 0.3) is 0 Å². The van der Waals surface area contributed by atoms with Crippen LogP contribution in [0.15, 0.2) is 11.6 Å². The lowest BCUT2D eigenvalue weighted by molar-refractivity contribution is 1.00. The van der Waals surface area contributed by atoms with Crippen molar-refractivity contribution in [1.82, 2.24) is 4.98 Å². The van der Waals surface area contributed by atoms with E-state index in [-0.39, 0.29) is 0 Å². The fraction of sp³-hybridized carbons (Fsp3) is 0.286. The number of hydrogen-bond donors (Lipinski definition) is 0. The van der Waals surface area contributed by atoms with E-state index < -0.39 is 0 Å². The fourth-order valence-electron chi connectivity index (χ4n) is 0.556. The van der Waals surface area contributed by atoms with Crippen LogP contribution in [0.5, 0.6) is 0 Å². The molecule has 1 nitrogen and oxygen atoms in total. The van der Waals surface area contributed by atoms with Crippen molar-refractivity contribution in [2.75, 3.05) is 0 Å². The summed E-state index contributed by atoms with van der Waals surface area (Å²) in [5.74, 6) is 2.57. The first kappa shape index (κ1) is 6.31. The van der Waals surface area contributed by atoms with Gasteiger partial charge in [0, 0.05) is 24.4 Å². The van der Waals surface area contributed by atoms with Gasteiger partial charge in [0.15, 0.2) is 0 Å². The van der Waals surface area contributed by atoms with Crippen LogP contribution in [0.4, 0.5) is 0 Å². The normalized spacial score (nSPS) is 8.78. The molecule has 0 fully saturated rings. The molecule has 0 saturated carbocycles. The molecular formula is C7H7NS. The van der Waals surface area contributed by atoms with Crippen LogP contribution in [-0.4, -0.2) is 4.98 Å². The van der Waals surface area contributed by atoms with E-state index in [9.17, 15) is 0 Å². The minimum Gasteiger partial charge on any atom is -0.250 e. The van der Waals surface area contributed by atoms with Gasteiger partial charge in [0.1, 0.15) is 0 Å². The fourth-order valence-corrected chi connectivity index (χ4v) is 1.18. The molecule has 1 heterocycles. The largest absolute Gasteiger partial charge is 0.250 e.